The topological polar surface area (TPSA) is 61.8 Å². The van der Waals surface area contributed by atoms with Crippen LogP contribution in [0.5, 0.6) is 0 Å². The number of allylic oxidation sites excluding steroid dienone is 6. The SMILES string of the molecule is CCCCC/C=C\C/C=C\CCCCCCCCCCCC(=O)OCC(COCCCCCCCCCC/C=C\CCCCCCCC)OC(=O)CCCCCCCCCCCCCCCCCCC. The predicted octanol–water partition coefficient (Wildman–Crippen LogP) is 21.7. The minimum atomic E-state index is -0.536. The van der Waals surface area contributed by atoms with E-state index in [0.29, 0.717) is 26.1 Å². The van der Waals surface area contributed by atoms with Crippen LogP contribution in [0.1, 0.15) is 342 Å². The van der Waals surface area contributed by atoms with Crippen molar-refractivity contribution in [3.8, 4) is 0 Å². The van der Waals surface area contributed by atoms with Crippen LogP contribution in [0.15, 0.2) is 36.5 Å². The van der Waals surface area contributed by atoms with Crippen molar-refractivity contribution in [1.29, 1.82) is 0 Å². The molecule has 0 aliphatic carbocycles. The van der Waals surface area contributed by atoms with Crippen molar-refractivity contribution in [2.24, 2.45) is 0 Å². The third-order valence-electron chi connectivity index (χ3n) is 14.1. The van der Waals surface area contributed by atoms with Gasteiger partial charge in [0.15, 0.2) is 6.10 Å². The molecule has 0 aliphatic heterocycles. The lowest BCUT2D eigenvalue weighted by Crippen LogP contribution is -2.30. The highest BCUT2D eigenvalue weighted by Crippen LogP contribution is 2.17. The summed E-state index contributed by atoms with van der Waals surface area (Å²) in [7, 11) is 0. The van der Waals surface area contributed by atoms with Gasteiger partial charge in [-0.1, -0.05) is 288 Å². The molecule has 0 saturated carbocycles. The van der Waals surface area contributed by atoms with E-state index in [0.717, 1.165) is 44.9 Å². The lowest BCUT2D eigenvalue weighted by atomic mass is 10.0. The fraction of sp³-hybridized carbons (Fsp3) is 0.877. The van der Waals surface area contributed by atoms with E-state index in [1.165, 1.54) is 263 Å². The van der Waals surface area contributed by atoms with E-state index in [9.17, 15) is 9.59 Å². The van der Waals surface area contributed by atoms with Gasteiger partial charge in [0.2, 0.25) is 0 Å². The second kappa shape index (κ2) is 61.4. The van der Waals surface area contributed by atoms with Crippen LogP contribution >= 0.6 is 0 Å². The Morgan fingerprint density at radius 2 is 0.600 bits per heavy atom. The summed E-state index contributed by atoms with van der Waals surface area (Å²) in [5.74, 6) is -0.380. The number of carbonyl (C=O) groups excluding carboxylic acids is 2. The first-order valence-corrected chi connectivity index (χ1v) is 31.5. The van der Waals surface area contributed by atoms with Crippen molar-refractivity contribution in [3.63, 3.8) is 0 Å². The minimum absolute atomic E-state index is 0.0878. The van der Waals surface area contributed by atoms with Crippen LogP contribution in [0, 0.1) is 0 Å². The van der Waals surface area contributed by atoms with Gasteiger partial charge in [-0.25, -0.2) is 0 Å². The molecule has 0 aromatic rings. The van der Waals surface area contributed by atoms with Crippen molar-refractivity contribution in [3.05, 3.63) is 36.5 Å². The third kappa shape index (κ3) is 58.7. The Hall–Kier alpha value is -1.88. The molecular formula is C65H122O5. The Labute approximate surface area is 438 Å². The van der Waals surface area contributed by atoms with Crippen LogP contribution in [0.4, 0.5) is 0 Å². The Morgan fingerprint density at radius 1 is 0.314 bits per heavy atom. The molecule has 1 unspecified atom stereocenters. The van der Waals surface area contributed by atoms with E-state index < -0.39 is 6.10 Å². The highest BCUT2D eigenvalue weighted by Gasteiger charge is 2.18. The zero-order chi connectivity index (χ0) is 50.6. The summed E-state index contributed by atoms with van der Waals surface area (Å²) in [4.78, 5) is 25.6. The van der Waals surface area contributed by atoms with E-state index in [-0.39, 0.29) is 18.5 Å². The number of hydrogen-bond donors (Lipinski definition) is 0. The molecule has 0 bridgehead atoms. The summed E-state index contributed by atoms with van der Waals surface area (Å²) < 4.78 is 17.6. The van der Waals surface area contributed by atoms with Crippen LogP contribution in [0.25, 0.3) is 0 Å². The number of rotatable bonds is 59. The molecule has 0 aliphatic rings. The molecule has 412 valence electrons. The molecule has 0 saturated heterocycles. The lowest BCUT2D eigenvalue weighted by molar-refractivity contribution is -0.163. The zero-order valence-corrected chi connectivity index (χ0v) is 47.6. The predicted molar refractivity (Wildman–Crippen MR) is 307 cm³/mol. The number of esters is 2. The van der Waals surface area contributed by atoms with E-state index >= 15 is 0 Å². The van der Waals surface area contributed by atoms with E-state index in [1.54, 1.807) is 0 Å². The van der Waals surface area contributed by atoms with Crippen molar-refractivity contribution >= 4 is 11.9 Å². The fourth-order valence-electron chi connectivity index (χ4n) is 9.42. The zero-order valence-electron chi connectivity index (χ0n) is 47.6. The smallest absolute Gasteiger partial charge is 0.306 e. The maximum Gasteiger partial charge on any atom is 0.306 e. The second-order valence-corrected chi connectivity index (χ2v) is 21.3. The number of hydrogen-bond acceptors (Lipinski definition) is 5. The molecule has 0 fully saturated rings. The highest BCUT2D eigenvalue weighted by atomic mass is 16.6. The van der Waals surface area contributed by atoms with E-state index in [2.05, 4.69) is 57.2 Å². The number of carbonyl (C=O) groups is 2. The van der Waals surface area contributed by atoms with Gasteiger partial charge < -0.3 is 14.2 Å². The summed E-state index contributed by atoms with van der Waals surface area (Å²) >= 11 is 0. The summed E-state index contributed by atoms with van der Waals surface area (Å²) in [6.07, 6.45) is 76.0. The largest absolute Gasteiger partial charge is 0.462 e. The average Bonchev–Trinajstić information content (AvgIpc) is 3.36. The summed E-state index contributed by atoms with van der Waals surface area (Å²) in [6.45, 7) is 7.86. The quantitative estimate of drug-likeness (QED) is 0.0345. The van der Waals surface area contributed by atoms with Crippen LogP contribution in [0.3, 0.4) is 0 Å². The highest BCUT2D eigenvalue weighted by molar-refractivity contribution is 5.70. The first-order chi connectivity index (χ1) is 34.6. The van der Waals surface area contributed by atoms with Crippen molar-refractivity contribution < 1.29 is 23.8 Å². The molecule has 0 rings (SSSR count). The molecule has 1 atom stereocenters. The molecule has 0 amide bonds. The minimum Gasteiger partial charge on any atom is -0.462 e. The van der Waals surface area contributed by atoms with Crippen molar-refractivity contribution in [2.75, 3.05) is 19.8 Å². The van der Waals surface area contributed by atoms with Gasteiger partial charge in [-0.15, -0.1) is 0 Å². The van der Waals surface area contributed by atoms with Gasteiger partial charge in [0.25, 0.3) is 0 Å². The molecule has 5 nitrogen and oxygen atoms in total. The molecule has 0 N–H and O–H groups in total. The normalized spacial score (nSPS) is 12.3. The monoisotopic (exact) mass is 983 g/mol. The summed E-state index contributed by atoms with van der Waals surface area (Å²) in [5, 5.41) is 0. The molecule has 0 radical (unpaired) electrons. The van der Waals surface area contributed by atoms with Gasteiger partial charge in [0.05, 0.1) is 6.61 Å². The van der Waals surface area contributed by atoms with Gasteiger partial charge in [-0.2, -0.15) is 0 Å². The van der Waals surface area contributed by atoms with Gasteiger partial charge >= 0.3 is 11.9 Å². The Morgan fingerprint density at radius 3 is 0.986 bits per heavy atom. The maximum absolute atomic E-state index is 12.9. The van der Waals surface area contributed by atoms with E-state index in [1.807, 2.05) is 0 Å². The Kier molecular flexibility index (Phi) is 59.8. The van der Waals surface area contributed by atoms with Gasteiger partial charge in [-0.05, 0) is 77.0 Å². The first kappa shape index (κ1) is 68.1. The molecule has 5 heteroatoms. The van der Waals surface area contributed by atoms with Gasteiger partial charge in [-0.3, -0.25) is 9.59 Å². The summed E-state index contributed by atoms with van der Waals surface area (Å²) in [6, 6.07) is 0. The van der Waals surface area contributed by atoms with Gasteiger partial charge in [0, 0.05) is 19.4 Å². The Bertz CT molecular complexity index is 1110. The second-order valence-electron chi connectivity index (χ2n) is 21.3. The molecule has 0 aromatic carbocycles. The van der Waals surface area contributed by atoms with Gasteiger partial charge in [0.1, 0.15) is 6.61 Å². The van der Waals surface area contributed by atoms with Crippen LogP contribution in [0.2, 0.25) is 0 Å². The maximum atomic E-state index is 12.9. The first-order valence-electron chi connectivity index (χ1n) is 31.5. The third-order valence-corrected chi connectivity index (χ3v) is 14.1. The molecule has 0 heterocycles. The molecule has 0 aromatic heterocycles. The number of ether oxygens (including phenoxy) is 3. The Balaban J connectivity index is 4.24. The molecule has 70 heavy (non-hydrogen) atoms. The van der Waals surface area contributed by atoms with Crippen LogP contribution in [-0.2, 0) is 23.8 Å². The summed E-state index contributed by atoms with van der Waals surface area (Å²) in [5.41, 5.74) is 0. The van der Waals surface area contributed by atoms with Crippen molar-refractivity contribution in [2.45, 2.75) is 348 Å². The number of unbranched alkanes of at least 4 members (excludes halogenated alkanes) is 42. The average molecular weight is 984 g/mol. The standard InChI is InChI=1S/C65H122O5/c1-4-7-10-13-16-19-22-25-28-31-33-35-37-40-43-46-49-52-55-58-64(66)69-62-63(61-68-60-57-54-51-48-45-42-39-36-32-29-26-23-20-17-14-11-8-5-2)70-65(67)59-56-53-50-47-44-41-38-34-30-27-24-21-18-15-12-9-6-3/h16,19,25-26,28-29,63H,4-15,17-18,20-24,27,30-62H2,1-3H3/b19-16-,28-25-,29-26-. The fourth-order valence-corrected chi connectivity index (χ4v) is 9.42. The van der Waals surface area contributed by atoms with E-state index in [4.69, 9.17) is 14.2 Å². The molecular weight excluding hydrogens is 861 g/mol. The molecule has 0 spiro atoms. The van der Waals surface area contributed by atoms with Crippen LogP contribution in [-0.4, -0.2) is 37.9 Å². The lowest BCUT2D eigenvalue weighted by Gasteiger charge is -2.18. The van der Waals surface area contributed by atoms with Crippen molar-refractivity contribution in [1.82, 2.24) is 0 Å². The van der Waals surface area contributed by atoms with Crippen LogP contribution < -0.4 is 0 Å².